The number of rotatable bonds is 8. The first-order chi connectivity index (χ1) is 10.3. The molecule has 126 valence electrons. The van der Waals surface area contributed by atoms with Crippen LogP contribution in [0, 0.1) is 0 Å². The van der Waals surface area contributed by atoms with Gasteiger partial charge in [-0.15, -0.1) is 11.8 Å². The van der Waals surface area contributed by atoms with Crippen molar-refractivity contribution in [2.24, 2.45) is 5.73 Å². The monoisotopic (exact) mass is 335 g/mol. The van der Waals surface area contributed by atoms with E-state index in [1.165, 1.54) is 23.9 Å². The number of thioether (sulfide) groups is 1. The van der Waals surface area contributed by atoms with E-state index < -0.39 is 17.8 Å². The van der Waals surface area contributed by atoms with Gasteiger partial charge in [0.25, 0.3) is 0 Å². The zero-order valence-corrected chi connectivity index (χ0v) is 13.8. The Balaban J connectivity index is 2.98. The zero-order valence-electron chi connectivity index (χ0n) is 13.0. The van der Waals surface area contributed by atoms with Gasteiger partial charge in [0.05, 0.1) is 0 Å². The van der Waals surface area contributed by atoms with Crippen molar-refractivity contribution >= 4 is 11.8 Å². The smallest absolute Gasteiger partial charge is 0.375 e. The SMILES string of the molecule is CCCCCCC(N)C(O)(c1ccc(SC)cc1)C(F)(F)F. The molecule has 1 aromatic rings. The van der Waals surface area contributed by atoms with Crippen molar-refractivity contribution in [3.05, 3.63) is 29.8 Å². The van der Waals surface area contributed by atoms with E-state index in [1.54, 1.807) is 12.1 Å². The fourth-order valence-corrected chi connectivity index (χ4v) is 2.84. The van der Waals surface area contributed by atoms with Crippen molar-refractivity contribution in [3.63, 3.8) is 0 Å². The lowest BCUT2D eigenvalue weighted by molar-refractivity contribution is -0.275. The molecule has 0 saturated heterocycles. The molecule has 2 nitrogen and oxygen atoms in total. The van der Waals surface area contributed by atoms with Crippen LogP contribution in [0.5, 0.6) is 0 Å². The fraction of sp³-hybridized carbons (Fsp3) is 0.625. The van der Waals surface area contributed by atoms with Crippen LogP contribution in [0.3, 0.4) is 0 Å². The molecule has 1 aromatic carbocycles. The summed E-state index contributed by atoms with van der Waals surface area (Å²) in [6, 6.07) is 4.39. The van der Waals surface area contributed by atoms with Gasteiger partial charge in [-0.2, -0.15) is 13.2 Å². The van der Waals surface area contributed by atoms with E-state index in [0.29, 0.717) is 6.42 Å². The number of unbranched alkanes of at least 4 members (excludes halogenated alkanes) is 3. The number of hydrogen-bond acceptors (Lipinski definition) is 3. The first-order valence-corrected chi connectivity index (χ1v) is 8.69. The van der Waals surface area contributed by atoms with Gasteiger partial charge < -0.3 is 10.8 Å². The molecule has 1 rings (SSSR count). The molecule has 0 aromatic heterocycles. The first-order valence-electron chi connectivity index (χ1n) is 7.46. The van der Waals surface area contributed by atoms with Gasteiger partial charge in [0.15, 0.2) is 0 Å². The Morgan fingerprint density at radius 3 is 2.18 bits per heavy atom. The van der Waals surface area contributed by atoms with Crippen LogP contribution in [-0.4, -0.2) is 23.6 Å². The number of halogens is 3. The molecule has 2 unspecified atom stereocenters. The van der Waals surface area contributed by atoms with Crippen molar-refractivity contribution < 1.29 is 18.3 Å². The van der Waals surface area contributed by atoms with E-state index in [9.17, 15) is 18.3 Å². The highest BCUT2D eigenvalue weighted by Gasteiger charge is 2.58. The topological polar surface area (TPSA) is 46.2 Å². The number of nitrogens with two attached hydrogens (primary N) is 1. The van der Waals surface area contributed by atoms with E-state index in [-0.39, 0.29) is 12.0 Å². The summed E-state index contributed by atoms with van der Waals surface area (Å²) in [6.45, 7) is 2.03. The highest BCUT2D eigenvalue weighted by atomic mass is 32.2. The van der Waals surface area contributed by atoms with Crippen molar-refractivity contribution in [2.45, 2.75) is 61.7 Å². The van der Waals surface area contributed by atoms with E-state index >= 15 is 0 Å². The van der Waals surface area contributed by atoms with Crippen LogP contribution < -0.4 is 5.73 Å². The van der Waals surface area contributed by atoms with Gasteiger partial charge in [0, 0.05) is 10.9 Å². The molecule has 0 heterocycles. The number of alkyl halides is 3. The predicted molar refractivity (Wildman–Crippen MR) is 84.9 cm³/mol. The molecule has 22 heavy (non-hydrogen) atoms. The normalized spacial score (nSPS) is 16.3. The summed E-state index contributed by atoms with van der Waals surface area (Å²) in [6.07, 6.45) is 0.525. The summed E-state index contributed by atoms with van der Waals surface area (Å²) >= 11 is 1.43. The van der Waals surface area contributed by atoms with Gasteiger partial charge in [-0.25, -0.2) is 0 Å². The minimum Gasteiger partial charge on any atom is -0.375 e. The van der Waals surface area contributed by atoms with Crippen LogP contribution in [0.2, 0.25) is 0 Å². The van der Waals surface area contributed by atoms with Crippen LogP contribution >= 0.6 is 11.8 Å². The third-order valence-corrected chi connectivity index (χ3v) is 4.61. The molecule has 0 aliphatic heterocycles. The molecule has 3 N–H and O–H groups in total. The maximum Gasteiger partial charge on any atom is 0.422 e. The van der Waals surface area contributed by atoms with Gasteiger partial charge in [-0.3, -0.25) is 0 Å². The fourth-order valence-electron chi connectivity index (χ4n) is 2.43. The third kappa shape index (κ3) is 4.40. The molecule has 0 amide bonds. The molecule has 2 atom stereocenters. The first kappa shape index (κ1) is 19.3. The van der Waals surface area contributed by atoms with Gasteiger partial charge in [-0.1, -0.05) is 44.7 Å². The van der Waals surface area contributed by atoms with E-state index in [0.717, 1.165) is 24.2 Å². The number of benzene rings is 1. The summed E-state index contributed by atoms with van der Waals surface area (Å²) in [5.41, 5.74) is 2.55. The molecule has 6 heteroatoms. The second-order valence-electron chi connectivity index (χ2n) is 5.45. The average Bonchev–Trinajstić information content (AvgIpc) is 2.49. The molecule has 0 spiro atoms. The highest BCUT2D eigenvalue weighted by molar-refractivity contribution is 7.98. The van der Waals surface area contributed by atoms with E-state index in [1.807, 2.05) is 13.2 Å². The Kier molecular flexibility index (Phi) is 7.22. The van der Waals surface area contributed by atoms with Crippen molar-refractivity contribution in [3.8, 4) is 0 Å². The van der Waals surface area contributed by atoms with Crippen LogP contribution in [-0.2, 0) is 5.60 Å². The Morgan fingerprint density at radius 1 is 1.14 bits per heavy atom. The maximum absolute atomic E-state index is 13.5. The van der Waals surface area contributed by atoms with Crippen molar-refractivity contribution in [1.82, 2.24) is 0 Å². The predicted octanol–water partition coefficient (Wildman–Crippen LogP) is 4.46. The maximum atomic E-state index is 13.5. The standard InChI is InChI=1S/C16H24F3NOS/c1-3-4-5-6-7-14(20)15(21,16(17,18)19)12-8-10-13(22-2)11-9-12/h8-11,14,21H,3-7,20H2,1-2H3. The molecule has 0 saturated carbocycles. The Morgan fingerprint density at radius 2 is 1.73 bits per heavy atom. The lowest BCUT2D eigenvalue weighted by Crippen LogP contribution is -2.55. The summed E-state index contributed by atoms with van der Waals surface area (Å²) < 4.78 is 40.4. The quantitative estimate of drug-likeness (QED) is 0.545. The highest BCUT2D eigenvalue weighted by Crippen LogP contribution is 2.42. The van der Waals surface area contributed by atoms with Gasteiger partial charge in [-0.05, 0) is 30.4 Å². The molecule has 0 bridgehead atoms. The molecule has 0 fully saturated rings. The molecule has 0 aliphatic rings. The second kappa shape index (κ2) is 8.22. The Hall–Kier alpha value is -0.720. The molecule has 0 radical (unpaired) electrons. The van der Waals surface area contributed by atoms with E-state index in [2.05, 4.69) is 0 Å². The van der Waals surface area contributed by atoms with Gasteiger partial charge in [0.1, 0.15) is 0 Å². The van der Waals surface area contributed by atoms with Crippen LogP contribution in [0.15, 0.2) is 29.2 Å². The minimum atomic E-state index is -4.81. The molecule has 0 aliphatic carbocycles. The lowest BCUT2D eigenvalue weighted by Gasteiger charge is -2.36. The lowest BCUT2D eigenvalue weighted by atomic mass is 9.83. The Labute approximate surface area is 134 Å². The largest absolute Gasteiger partial charge is 0.422 e. The average molecular weight is 335 g/mol. The van der Waals surface area contributed by atoms with E-state index in [4.69, 9.17) is 5.73 Å². The van der Waals surface area contributed by atoms with Crippen LogP contribution in [0.25, 0.3) is 0 Å². The zero-order chi connectivity index (χ0) is 16.8. The summed E-state index contributed by atoms with van der Waals surface area (Å²) in [7, 11) is 0. The Bertz CT molecular complexity index is 450. The number of hydrogen-bond donors (Lipinski definition) is 2. The summed E-state index contributed by atoms with van der Waals surface area (Å²) in [4.78, 5) is 0.838. The van der Waals surface area contributed by atoms with Crippen molar-refractivity contribution in [2.75, 3.05) is 6.26 Å². The molecular weight excluding hydrogens is 311 g/mol. The second-order valence-corrected chi connectivity index (χ2v) is 6.33. The number of aliphatic hydroxyl groups is 1. The van der Waals surface area contributed by atoms with Gasteiger partial charge in [0.2, 0.25) is 5.60 Å². The summed E-state index contributed by atoms with van der Waals surface area (Å²) in [5, 5.41) is 10.4. The van der Waals surface area contributed by atoms with Gasteiger partial charge >= 0.3 is 6.18 Å². The van der Waals surface area contributed by atoms with Crippen LogP contribution in [0.1, 0.15) is 44.6 Å². The summed E-state index contributed by atoms with van der Waals surface area (Å²) in [5.74, 6) is 0. The third-order valence-electron chi connectivity index (χ3n) is 3.87. The van der Waals surface area contributed by atoms with Crippen LogP contribution in [0.4, 0.5) is 13.2 Å². The molecular formula is C16H24F3NOS. The minimum absolute atomic E-state index is 0.139. The van der Waals surface area contributed by atoms with Crippen molar-refractivity contribution in [1.29, 1.82) is 0 Å².